The van der Waals surface area contributed by atoms with Crippen molar-refractivity contribution in [1.82, 2.24) is 0 Å². The third kappa shape index (κ3) is 3.32. The normalized spacial score (nSPS) is 11.9. The van der Waals surface area contributed by atoms with Crippen LogP contribution in [0.25, 0.3) is 0 Å². The van der Waals surface area contributed by atoms with Crippen molar-refractivity contribution in [2.75, 3.05) is 0 Å². The third-order valence-corrected chi connectivity index (χ3v) is 2.92. The summed E-state index contributed by atoms with van der Waals surface area (Å²) in [6, 6.07) is 12.6. The zero-order valence-corrected chi connectivity index (χ0v) is 11.0. The molecule has 0 fully saturated rings. The van der Waals surface area contributed by atoms with Crippen LogP contribution in [-0.4, -0.2) is 11.9 Å². The number of carbonyl (C=O) groups is 1. The van der Waals surface area contributed by atoms with Gasteiger partial charge in [0.15, 0.2) is 6.10 Å². The van der Waals surface area contributed by atoms with E-state index in [1.54, 1.807) is 31.2 Å². The van der Waals surface area contributed by atoms with E-state index in [0.717, 1.165) is 6.07 Å². The Morgan fingerprint density at radius 3 is 2.53 bits per heavy atom. The molecular weight excluding hydrogens is 267 g/mol. The van der Waals surface area contributed by atoms with Crippen LogP contribution in [0.5, 0.6) is 5.75 Å². The van der Waals surface area contributed by atoms with Crippen molar-refractivity contribution < 1.29 is 13.9 Å². The van der Waals surface area contributed by atoms with Gasteiger partial charge in [-0.3, -0.25) is 4.79 Å². The Labute approximate surface area is 115 Å². The van der Waals surface area contributed by atoms with Gasteiger partial charge in [-0.1, -0.05) is 41.9 Å². The monoisotopic (exact) mass is 278 g/mol. The fraction of sp³-hybridized carbons (Fsp3) is 0.133. The Morgan fingerprint density at radius 1 is 1.21 bits per heavy atom. The number of carbonyl (C=O) groups excluding carboxylic acids is 1. The minimum absolute atomic E-state index is 0.146. The van der Waals surface area contributed by atoms with Crippen LogP contribution >= 0.6 is 11.6 Å². The summed E-state index contributed by atoms with van der Waals surface area (Å²) in [5, 5.41) is 0.146. The second kappa shape index (κ2) is 5.85. The molecule has 0 bridgehead atoms. The van der Waals surface area contributed by atoms with E-state index in [0.29, 0.717) is 11.3 Å². The molecule has 0 aromatic heterocycles. The maximum Gasteiger partial charge on any atom is 0.202 e. The molecule has 0 unspecified atom stereocenters. The van der Waals surface area contributed by atoms with Crippen LogP contribution in [-0.2, 0) is 0 Å². The standard InChI is InChI=1S/C15H12ClFO2/c1-10(15(18)11-5-3-2-4-6-11)19-14-8-7-12(17)9-13(14)16/h2-10H,1H3/t10-/m1/s1. The summed E-state index contributed by atoms with van der Waals surface area (Å²) in [6.07, 6.45) is -0.689. The van der Waals surface area contributed by atoms with Gasteiger partial charge >= 0.3 is 0 Å². The molecule has 98 valence electrons. The Bertz CT molecular complexity index is 584. The largest absolute Gasteiger partial charge is 0.481 e. The molecule has 0 amide bonds. The summed E-state index contributed by atoms with van der Waals surface area (Å²) in [5.41, 5.74) is 0.563. The van der Waals surface area contributed by atoms with Crippen LogP contribution in [0.15, 0.2) is 48.5 Å². The summed E-state index contributed by atoms with van der Waals surface area (Å²) in [6.45, 7) is 1.63. The lowest BCUT2D eigenvalue weighted by molar-refractivity contribution is 0.0818. The van der Waals surface area contributed by atoms with Gasteiger partial charge < -0.3 is 4.74 Å². The zero-order chi connectivity index (χ0) is 13.8. The molecule has 2 rings (SSSR count). The molecule has 0 aliphatic rings. The van der Waals surface area contributed by atoms with E-state index in [-0.39, 0.29) is 10.8 Å². The van der Waals surface area contributed by atoms with Crippen LogP contribution < -0.4 is 4.74 Å². The Morgan fingerprint density at radius 2 is 1.89 bits per heavy atom. The van der Waals surface area contributed by atoms with Gasteiger partial charge in [-0.25, -0.2) is 4.39 Å². The average molecular weight is 279 g/mol. The fourth-order valence-electron chi connectivity index (χ4n) is 1.65. The van der Waals surface area contributed by atoms with Crippen LogP contribution in [0.4, 0.5) is 4.39 Å². The minimum atomic E-state index is -0.689. The number of hydrogen-bond donors (Lipinski definition) is 0. The van der Waals surface area contributed by atoms with E-state index in [4.69, 9.17) is 16.3 Å². The quantitative estimate of drug-likeness (QED) is 0.786. The summed E-state index contributed by atoms with van der Waals surface area (Å²) >= 11 is 5.85. The SMILES string of the molecule is C[C@@H](Oc1ccc(F)cc1Cl)C(=O)c1ccccc1. The van der Waals surface area contributed by atoms with Gasteiger partial charge in [-0.15, -0.1) is 0 Å². The van der Waals surface area contributed by atoms with Crippen molar-refractivity contribution in [2.24, 2.45) is 0 Å². The van der Waals surface area contributed by atoms with Crippen LogP contribution in [0.3, 0.4) is 0 Å². The van der Waals surface area contributed by atoms with Crippen LogP contribution in [0.1, 0.15) is 17.3 Å². The second-order valence-corrected chi connectivity index (χ2v) is 4.47. The summed E-state index contributed by atoms with van der Waals surface area (Å²) < 4.78 is 18.4. The molecule has 0 saturated heterocycles. The summed E-state index contributed by atoms with van der Waals surface area (Å²) in [7, 11) is 0. The predicted octanol–water partition coefficient (Wildman–Crippen LogP) is 4.13. The van der Waals surface area contributed by atoms with E-state index in [2.05, 4.69) is 0 Å². The molecule has 0 heterocycles. The first-order chi connectivity index (χ1) is 9.08. The van der Waals surface area contributed by atoms with E-state index >= 15 is 0 Å². The first-order valence-corrected chi connectivity index (χ1v) is 6.16. The van der Waals surface area contributed by atoms with Crippen LogP contribution in [0, 0.1) is 5.82 Å². The first-order valence-electron chi connectivity index (χ1n) is 5.79. The minimum Gasteiger partial charge on any atom is -0.481 e. The number of ketones is 1. The molecule has 0 aliphatic heterocycles. The zero-order valence-electron chi connectivity index (χ0n) is 10.3. The number of ether oxygens (including phenoxy) is 1. The Balaban J connectivity index is 2.13. The molecule has 2 aromatic carbocycles. The average Bonchev–Trinajstić information content (AvgIpc) is 2.42. The maximum absolute atomic E-state index is 12.9. The summed E-state index contributed by atoms with van der Waals surface area (Å²) in [4.78, 5) is 12.1. The van der Waals surface area contributed by atoms with E-state index < -0.39 is 11.9 Å². The molecular formula is C15H12ClFO2. The fourth-order valence-corrected chi connectivity index (χ4v) is 1.86. The van der Waals surface area contributed by atoms with Gasteiger partial charge in [0, 0.05) is 5.56 Å². The van der Waals surface area contributed by atoms with E-state index in [1.807, 2.05) is 6.07 Å². The van der Waals surface area contributed by atoms with Gasteiger partial charge in [0.2, 0.25) is 5.78 Å². The second-order valence-electron chi connectivity index (χ2n) is 4.07. The van der Waals surface area contributed by atoms with Crippen molar-refractivity contribution in [2.45, 2.75) is 13.0 Å². The highest BCUT2D eigenvalue weighted by molar-refractivity contribution is 6.32. The predicted molar refractivity (Wildman–Crippen MR) is 72.3 cm³/mol. The number of halogens is 2. The topological polar surface area (TPSA) is 26.3 Å². The van der Waals surface area contributed by atoms with Gasteiger partial charge in [-0.2, -0.15) is 0 Å². The van der Waals surface area contributed by atoms with E-state index in [1.165, 1.54) is 12.1 Å². The molecule has 0 aliphatic carbocycles. The van der Waals surface area contributed by atoms with Crippen molar-refractivity contribution in [1.29, 1.82) is 0 Å². The molecule has 0 N–H and O–H groups in total. The highest BCUT2D eigenvalue weighted by Gasteiger charge is 2.17. The molecule has 4 heteroatoms. The van der Waals surface area contributed by atoms with Crippen molar-refractivity contribution in [3.63, 3.8) is 0 Å². The highest BCUT2D eigenvalue weighted by atomic mass is 35.5. The van der Waals surface area contributed by atoms with Crippen molar-refractivity contribution >= 4 is 17.4 Å². The Hall–Kier alpha value is -1.87. The molecule has 1 atom stereocenters. The maximum atomic E-state index is 12.9. The van der Waals surface area contributed by atoms with Crippen molar-refractivity contribution in [3.8, 4) is 5.75 Å². The number of Topliss-reactive ketones (excluding diaryl/α,β-unsaturated/α-hetero) is 1. The van der Waals surface area contributed by atoms with Gasteiger partial charge in [0.05, 0.1) is 5.02 Å². The van der Waals surface area contributed by atoms with Gasteiger partial charge in [0.1, 0.15) is 11.6 Å². The highest BCUT2D eigenvalue weighted by Crippen LogP contribution is 2.26. The first kappa shape index (κ1) is 13.6. The lowest BCUT2D eigenvalue weighted by Crippen LogP contribution is -2.24. The number of rotatable bonds is 4. The molecule has 0 spiro atoms. The molecule has 0 radical (unpaired) electrons. The molecule has 2 nitrogen and oxygen atoms in total. The van der Waals surface area contributed by atoms with Crippen LogP contribution in [0.2, 0.25) is 5.02 Å². The molecule has 19 heavy (non-hydrogen) atoms. The Kier molecular flexibility index (Phi) is 4.17. The van der Waals surface area contributed by atoms with Gasteiger partial charge in [-0.05, 0) is 25.1 Å². The van der Waals surface area contributed by atoms with Gasteiger partial charge in [0.25, 0.3) is 0 Å². The third-order valence-electron chi connectivity index (χ3n) is 2.63. The number of hydrogen-bond acceptors (Lipinski definition) is 2. The van der Waals surface area contributed by atoms with Crippen molar-refractivity contribution in [3.05, 3.63) is 64.9 Å². The smallest absolute Gasteiger partial charge is 0.202 e. The lowest BCUT2D eigenvalue weighted by Gasteiger charge is -2.14. The lowest BCUT2D eigenvalue weighted by atomic mass is 10.1. The summed E-state index contributed by atoms with van der Waals surface area (Å²) in [5.74, 6) is -0.305. The van der Waals surface area contributed by atoms with E-state index in [9.17, 15) is 9.18 Å². The molecule has 0 saturated carbocycles. The molecule has 2 aromatic rings. The number of benzene rings is 2.